The number of thiocarbonyl (C=S) groups is 1. The highest BCUT2D eigenvalue weighted by Crippen LogP contribution is 2.33. The first kappa shape index (κ1) is 15.1. The first-order chi connectivity index (χ1) is 9.43. The first-order valence-electron chi connectivity index (χ1n) is 7.00. The number of nitrogens with two attached hydrogens (primary N) is 1. The fourth-order valence-electron chi connectivity index (χ4n) is 2.83. The van der Waals surface area contributed by atoms with Gasteiger partial charge in [0.1, 0.15) is 10.7 Å². The molecule has 6 heteroatoms. The molecule has 0 radical (unpaired) electrons. The standard InChI is InChI=1S/C14H23N5S/c1-10-8-11(12(15)20)18-13(17-10)16-9-14(19(2)3)6-4-5-7-14/h8H,4-7,9H2,1-3H3,(H2,15,20)(H,16,17,18). The van der Waals surface area contributed by atoms with Crippen LogP contribution in [0.3, 0.4) is 0 Å². The van der Waals surface area contributed by atoms with E-state index in [9.17, 15) is 0 Å². The van der Waals surface area contributed by atoms with Crippen molar-refractivity contribution in [2.45, 2.75) is 38.1 Å². The fourth-order valence-corrected chi connectivity index (χ4v) is 2.94. The molecule has 0 unspecified atom stereocenters. The number of anilines is 1. The maximum absolute atomic E-state index is 5.65. The summed E-state index contributed by atoms with van der Waals surface area (Å²) in [6.45, 7) is 2.77. The molecule has 0 amide bonds. The molecule has 110 valence electrons. The van der Waals surface area contributed by atoms with E-state index in [1.807, 2.05) is 13.0 Å². The monoisotopic (exact) mass is 293 g/mol. The van der Waals surface area contributed by atoms with E-state index in [1.54, 1.807) is 0 Å². The minimum Gasteiger partial charge on any atom is -0.388 e. The second-order valence-corrected chi connectivity index (χ2v) is 6.20. The topological polar surface area (TPSA) is 67.1 Å². The smallest absolute Gasteiger partial charge is 0.223 e. The van der Waals surface area contributed by atoms with Gasteiger partial charge >= 0.3 is 0 Å². The average Bonchev–Trinajstić information content (AvgIpc) is 2.86. The van der Waals surface area contributed by atoms with Crippen molar-refractivity contribution in [1.29, 1.82) is 0 Å². The molecule has 1 aromatic heterocycles. The molecule has 0 bridgehead atoms. The van der Waals surface area contributed by atoms with Crippen molar-refractivity contribution in [2.75, 3.05) is 26.0 Å². The third kappa shape index (κ3) is 3.24. The highest BCUT2D eigenvalue weighted by Gasteiger charge is 2.35. The van der Waals surface area contributed by atoms with Gasteiger partial charge in [0.2, 0.25) is 5.95 Å². The van der Waals surface area contributed by atoms with E-state index >= 15 is 0 Å². The Balaban J connectivity index is 2.12. The number of rotatable bonds is 5. The van der Waals surface area contributed by atoms with Crippen LogP contribution in [0.15, 0.2) is 6.07 Å². The van der Waals surface area contributed by atoms with Crippen LogP contribution in [0.5, 0.6) is 0 Å². The normalized spacial score (nSPS) is 17.4. The molecule has 3 N–H and O–H groups in total. The van der Waals surface area contributed by atoms with Crippen molar-refractivity contribution in [3.05, 3.63) is 17.5 Å². The molecule has 0 saturated heterocycles. The van der Waals surface area contributed by atoms with Crippen molar-refractivity contribution < 1.29 is 0 Å². The van der Waals surface area contributed by atoms with Gasteiger partial charge in [0.25, 0.3) is 0 Å². The number of aromatic nitrogens is 2. The lowest BCUT2D eigenvalue weighted by Crippen LogP contribution is -2.47. The molecule has 20 heavy (non-hydrogen) atoms. The van der Waals surface area contributed by atoms with E-state index in [4.69, 9.17) is 18.0 Å². The lowest BCUT2D eigenvalue weighted by molar-refractivity contribution is 0.172. The molecule has 0 aromatic carbocycles. The Morgan fingerprint density at radius 3 is 2.60 bits per heavy atom. The zero-order valence-corrected chi connectivity index (χ0v) is 13.3. The molecule has 0 aliphatic heterocycles. The Morgan fingerprint density at radius 2 is 2.05 bits per heavy atom. The van der Waals surface area contributed by atoms with Crippen LogP contribution in [0.2, 0.25) is 0 Å². The van der Waals surface area contributed by atoms with E-state index in [-0.39, 0.29) is 5.54 Å². The number of nitrogens with zero attached hydrogens (tertiary/aromatic N) is 3. The summed E-state index contributed by atoms with van der Waals surface area (Å²) in [6.07, 6.45) is 4.99. The highest BCUT2D eigenvalue weighted by molar-refractivity contribution is 7.80. The maximum atomic E-state index is 5.65. The van der Waals surface area contributed by atoms with Gasteiger partial charge in [0.05, 0.1) is 0 Å². The van der Waals surface area contributed by atoms with Gasteiger partial charge in [-0.2, -0.15) is 0 Å². The van der Waals surface area contributed by atoms with Crippen LogP contribution in [-0.4, -0.2) is 46.0 Å². The Hall–Kier alpha value is -1.27. The van der Waals surface area contributed by atoms with Gasteiger partial charge in [-0.15, -0.1) is 0 Å². The summed E-state index contributed by atoms with van der Waals surface area (Å²) in [5.74, 6) is 0.612. The Kier molecular flexibility index (Phi) is 4.55. The van der Waals surface area contributed by atoms with Gasteiger partial charge in [0.15, 0.2) is 0 Å². The average molecular weight is 293 g/mol. The van der Waals surface area contributed by atoms with E-state index in [2.05, 4.69) is 34.3 Å². The summed E-state index contributed by atoms with van der Waals surface area (Å²) in [6, 6.07) is 1.81. The predicted molar refractivity (Wildman–Crippen MR) is 86.0 cm³/mol. The summed E-state index contributed by atoms with van der Waals surface area (Å²) >= 11 is 4.99. The van der Waals surface area contributed by atoms with Gasteiger partial charge in [-0.05, 0) is 39.9 Å². The van der Waals surface area contributed by atoms with Crippen molar-refractivity contribution in [2.24, 2.45) is 5.73 Å². The second-order valence-electron chi connectivity index (χ2n) is 5.76. The minimum atomic E-state index is 0.205. The summed E-state index contributed by atoms with van der Waals surface area (Å²) in [7, 11) is 4.29. The van der Waals surface area contributed by atoms with Crippen molar-refractivity contribution >= 4 is 23.2 Å². The zero-order chi connectivity index (χ0) is 14.8. The summed E-state index contributed by atoms with van der Waals surface area (Å²) in [5.41, 5.74) is 7.35. The highest BCUT2D eigenvalue weighted by atomic mass is 32.1. The number of hydrogen-bond donors (Lipinski definition) is 2. The van der Waals surface area contributed by atoms with Crippen LogP contribution in [0, 0.1) is 6.92 Å². The lowest BCUT2D eigenvalue weighted by Gasteiger charge is -2.36. The van der Waals surface area contributed by atoms with Crippen LogP contribution < -0.4 is 11.1 Å². The quantitative estimate of drug-likeness (QED) is 0.806. The molecule has 1 fully saturated rings. The van der Waals surface area contributed by atoms with E-state index in [0.29, 0.717) is 16.6 Å². The number of aryl methyl sites for hydroxylation is 1. The van der Waals surface area contributed by atoms with E-state index < -0.39 is 0 Å². The molecule has 1 aliphatic carbocycles. The largest absolute Gasteiger partial charge is 0.388 e. The Labute approximate surface area is 126 Å². The molecule has 1 aliphatic rings. The lowest BCUT2D eigenvalue weighted by atomic mass is 9.96. The van der Waals surface area contributed by atoms with E-state index in [1.165, 1.54) is 25.7 Å². The van der Waals surface area contributed by atoms with Crippen LogP contribution in [0.1, 0.15) is 37.1 Å². The molecule has 0 atom stereocenters. The molecule has 1 aromatic rings. The number of hydrogen-bond acceptors (Lipinski definition) is 5. The third-order valence-corrected chi connectivity index (χ3v) is 4.37. The molecular formula is C14H23N5S. The van der Waals surface area contributed by atoms with Crippen molar-refractivity contribution in [3.8, 4) is 0 Å². The minimum absolute atomic E-state index is 0.205. The van der Waals surface area contributed by atoms with Crippen LogP contribution >= 0.6 is 12.2 Å². The Bertz CT molecular complexity index is 494. The van der Waals surface area contributed by atoms with Crippen LogP contribution in [0.4, 0.5) is 5.95 Å². The van der Waals surface area contributed by atoms with Gasteiger partial charge in [-0.25, -0.2) is 9.97 Å². The number of likely N-dealkylation sites (N-methyl/N-ethyl adjacent to an activating group) is 1. The maximum Gasteiger partial charge on any atom is 0.223 e. The number of nitrogens with one attached hydrogen (secondary N) is 1. The second kappa shape index (κ2) is 6.01. The summed E-state index contributed by atoms with van der Waals surface area (Å²) < 4.78 is 0. The first-order valence-corrected chi connectivity index (χ1v) is 7.41. The molecular weight excluding hydrogens is 270 g/mol. The van der Waals surface area contributed by atoms with Crippen LogP contribution in [-0.2, 0) is 0 Å². The predicted octanol–water partition coefficient (Wildman–Crippen LogP) is 1.71. The molecule has 1 saturated carbocycles. The molecule has 1 heterocycles. The van der Waals surface area contributed by atoms with E-state index in [0.717, 1.165) is 12.2 Å². The van der Waals surface area contributed by atoms with Crippen molar-refractivity contribution in [1.82, 2.24) is 14.9 Å². The Morgan fingerprint density at radius 1 is 1.40 bits per heavy atom. The van der Waals surface area contributed by atoms with Crippen LogP contribution in [0.25, 0.3) is 0 Å². The van der Waals surface area contributed by atoms with Gasteiger partial charge in [0, 0.05) is 17.8 Å². The van der Waals surface area contributed by atoms with Gasteiger partial charge in [-0.1, -0.05) is 25.1 Å². The SMILES string of the molecule is Cc1cc(C(N)=S)nc(NCC2(N(C)C)CCCC2)n1. The summed E-state index contributed by atoms with van der Waals surface area (Å²) in [5, 5.41) is 3.37. The zero-order valence-electron chi connectivity index (χ0n) is 12.4. The molecule has 0 spiro atoms. The summed E-state index contributed by atoms with van der Waals surface area (Å²) in [4.78, 5) is 11.4. The van der Waals surface area contributed by atoms with Gasteiger partial charge in [-0.3, -0.25) is 0 Å². The molecule has 2 rings (SSSR count). The molecule has 5 nitrogen and oxygen atoms in total. The van der Waals surface area contributed by atoms with Gasteiger partial charge < -0.3 is 16.0 Å². The third-order valence-electron chi connectivity index (χ3n) is 4.17. The van der Waals surface area contributed by atoms with Crippen molar-refractivity contribution in [3.63, 3.8) is 0 Å². The fraction of sp³-hybridized carbons (Fsp3) is 0.643.